The van der Waals surface area contributed by atoms with E-state index in [1.165, 1.54) is 19.3 Å². The van der Waals surface area contributed by atoms with Crippen LogP contribution in [-0.4, -0.2) is 36.6 Å². The molecule has 2 bridgehead atoms. The second-order valence-corrected chi connectivity index (χ2v) is 9.52. The van der Waals surface area contributed by atoms with Crippen LogP contribution in [0.25, 0.3) is 0 Å². The van der Waals surface area contributed by atoms with Crippen molar-refractivity contribution in [1.82, 2.24) is 4.90 Å². The lowest BCUT2D eigenvalue weighted by atomic mass is 9.66. The third-order valence-corrected chi connectivity index (χ3v) is 7.13. The molecule has 2 aromatic rings. The predicted octanol–water partition coefficient (Wildman–Crippen LogP) is 4.58. The number of esters is 1. The van der Waals surface area contributed by atoms with Gasteiger partial charge in [0.1, 0.15) is 5.75 Å². The van der Waals surface area contributed by atoms with Crippen molar-refractivity contribution in [3.63, 3.8) is 0 Å². The first-order valence-corrected chi connectivity index (χ1v) is 11.1. The van der Waals surface area contributed by atoms with E-state index in [0.717, 1.165) is 24.1 Å². The molecule has 30 heavy (non-hydrogen) atoms. The highest BCUT2D eigenvalue weighted by Crippen LogP contribution is 2.54. The number of fused-ring (bicyclic) bond motifs is 2. The van der Waals surface area contributed by atoms with Gasteiger partial charge in [0.2, 0.25) is 0 Å². The van der Waals surface area contributed by atoms with Gasteiger partial charge in [0.05, 0.1) is 11.5 Å². The van der Waals surface area contributed by atoms with E-state index in [1.54, 1.807) is 6.07 Å². The molecule has 0 amide bonds. The summed E-state index contributed by atoms with van der Waals surface area (Å²) >= 11 is 0. The lowest BCUT2D eigenvalue weighted by Crippen LogP contribution is -2.47. The van der Waals surface area contributed by atoms with Crippen LogP contribution in [0.2, 0.25) is 0 Å². The van der Waals surface area contributed by atoms with Crippen molar-refractivity contribution < 1.29 is 14.6 Å². The number of benzene rings is 2. The molecule has 4 heteroatoms. The molecule has 0 radical (unpaired) electrons. The summed E-state index contributed by atoms with van der Waals surface area (Å²) in [5.74, 6) is 1.22. The summed E-state index contributed by atoms with van der Waals surface area (Å²) in [5.41, 5.74) is 0.942. The van der Waals surface area contributed by atoms with Crippen LogP contribution in [0, 0.1) is 17.8 Å². The summed E-state index contributed by atoms with van der Waals surface area (Å²) in [6, 6.07) is 17.2. The highest BCUT2D eigenvalue weighted by Gasteiger charge is 2.51. The van der Waals surface area contributed by atoms with Crippen LogP contribution in [0.4, 0.5) is 0 Å². The van der Waals surface area contributed by atoms with Crippen molar-refractivity contribution in [1.29, 1.82) is 0 Å². The zero-order valence-corrected chi connectivity index (χ0v) is 18.3. The Morgan fingerprint density at radius 2 is 1.93 bits per heavy atom. The van der Waals surface area contributed by atoms with E-state index in [1.807, 2.05) is 55.5 Å². The van der Waals surface area contributed by atoms with E-state index < -0.39 is 5.60 Å². The Balaban J connectivity index is 1.57. The molecule has 2 aliphatic carbocycles. The van der Waals surface area contributed by atoms with Crippen molar-refractivity contribution in [2.24, 2.45) is 17.8 Å². The Hall–Kier alpha value is -2.17. The minimum Gasteiger partial charge on any atom is -0.426 e. The fourth-order valence-electron chi connectivity index (χ4n) is 5.58. The zero-order valence-electron chi connectivity index (χ0n) is 18.3. The van der Waals surface area contributed by atoms with Gasteiger partial charge in [-0.25, -0.2) is 0 Å². The maximum atomic E-state index is 12.7. The monoisotopic (exact) mass is 407 g/mol. The first-order valence-electron chi connectivity index (χ1n) is 11.1. The van der Waals surface area contributed by atoms with Crippen LogP contribution >= 0.6 is 0 Å². The summed E-state index contributed by atoms with van der Waals surface area (Å²) in [6.45, 7) is 2.73. The van der Waals surface area contributed by atoms with Gasteiger partial charge in [0, 0.05) is 12.5 Å². The minimum atomic E-state index is -0.873. The van der Waals surface area contributed by atoms with Crippen LogP contribution in [0.1, 0.15) is 49.7 Å². The quantitative estimate of drug-likeness (QED) is 0.562. The van der Waals surface area contributed by atoms with Crippen molar-refractivity contribution in [2.45, 2.75) is 44.1 Å². The van der Waals surface area contributed by atoms with Gasteiger partial charge in [-0.3, -0.25) is 4.79 Å². The zero-order chi connectivity index (χ0) is 21.3. The van der Waals surface area contributed by atoms with Crippen LogP contribution in [0.15, 0.2) is 54.6 Å². The molecule has 0 saturated heterocycles. The van der Waals surface area contributed by atoms with Crippen LogP contribution in [0.3, 0.4) is 0 Å². The molecular weight excluding hydrogens is 374 g/mol. The molecule has 1 N–H and O–H groups in total. The fourth-order valence-corrected chi connectivity index (χ4v) is 5.58. The van der Waals surface area contributed by atoms with Gasteiger partial charge >= 0.3 is 5.97 Å². The number of aliphatic hydroxyl groups is 1. The molecule has 4 rings (SSSR count). The van der Waals surface area contributed by atoms with Gasteiger partial charge in [0.15, 0.2) is 0 Å². The topological polar surface area (TPSA) is 49.8 Å². The Morgan fingerprint density at radius 1 is 1.17 bits per heavy atom. The van der Waals surface area contributed by atoms with E-state index >= 15 is 0 Å². The number of carbonyl (C=O) groups excluding carboxylic acids is 1. The molecule has 0 aromatic heterocycles. The molecule has 160 valence electrons. The highest BCUT2D eigenvalue weighted by molar-refractivity contribution is 5.79. The first-order chi connectivity index (χ1) is 14.4. The maximum absolute atomic E-state index is 12.7. The molecule has 2 fully saturated rings. The first kappa shape index (κ1) is 21.1. The summed E-state index contributed by atoms with van der Waals surface area (Å²) < 4.78 is 5.73. The molecule has 4 nitrogen and oxygen atoms in total. The lowest BCUT2D eigenvalue weighted by molar-refractivity contribution is -0.135. The predicted molar refractivity (Wildman–Crippen MR) is 118 cm³/mol. The average molecular weight is 408 g/mol. The van der Waals surface area contributed by atoms with Gasteiger partial charge in [-0.2, -0.15) is 0 Å². The van der Waals surface area contributed by atoms with Gasteiger partial charge < -0.3 is 14.7 Å². The van der Waals surface area contributed by atoms with E-state index in [4.69, 9.17) is 4.74 Å². The van der Waals surface area contributed by atoms with Crippen molar-refractivity contribution >= 4 is 5.97 Å². The molecule has 2 aromatic carbocycles. The number of hydrogen-bond donors (Lipinski definition) is 1. The average Bonchev–Trinajstić information content (AvgIpc) is 3.14. The molecule has 2 aliphatic rings. The summed E-state index contributed by atoms with van der Waals surface area (Å²) in [6.07, 6.45) is 4.43. The minimum absolute atomic E-state index is 0.195. The van der Waals surface area contributed by atoms with E-state index in [9.17, 15) is 9.90 Å². The van der Waals surface area contributed by atoms with Crippen LogP contribution < -0.4 is 4.74 Å². The lowest BCUT2D eigenvalue weighted by Gasteiger charge is -2.45. The third kappa shape index (κ3) is 4.17. The molecule has 5 atom stereocenters. The van der Waals surface area contributed by atoms with Gasteiger partial charge in [0.25, 0.3) is 0 Å². The maximum Gasteiger partial charge on any atom is 0.318 e. The largest absolute Gasteiger partial charge is 0.426 e. The number of hydrogen-bond acceptors (Lipinski definition) is 4. The summed E-state index contributed by atoms with van der Waals surface area (Å²) in [4.78, 5) is 14.9. The van der Waals surface area contributed by atoms with Gasteiger partial charge in [-0.05, 0) is 75.4 Å². The third-order valence-electron chi connectivity index (χ3n) is 7.13. The standard InChI is InChI=1S/C26H33NO3/c1-18(20-8-5-4-6-9-20)25(28)30-23-11-7-10-22(15-23)26(29)16-19-12-13-21(14-19)24(26)17-27(2)3/h4-11,15,18-19,21,24,29H,12-14,16-17H2,1-3H3/t18?,19-,21+,24+,26+/m1/s1. The van der Waals surface area contributed by atoms with E-state index in [-0.39, 0.29) is 17.8 Å². The molecular formula is C26H33NO3. The second-order valence-electron chi connectivity index (χ2n) is 9.52. The summed E-state index contributed by atoms with van der Waals surface area (Å²) in [5, 5.41) is 11.9. The van der Waals surface area contributed by atoms with E-state index in [2.05, 4.69) is 19.0 Å². The number of rotatable bonds is 6. The molecule has 2 saturated carbocycles. The van der Waals surface area contributed by atoms with Gasteiger partial charge in [-0.15, -0.1) is 0 Å². The Morgan fingerprint density at radius 3 is 2.67 bits per heavy atom. The number of ether oxygens (including phenoxy) is 1. The van der Waals surface area contributed by atoms with E-state index in [0.29, 0.717) is 17.6 Å². The molecule has 1 unspecified atom stereocenters. The Bertz CT molecular complexity index is 881. The van der Waals surface area contributed by atoms with Crippen LogP contribution in [0.5, 0.6) is 5.75 Å². The normalized spacial score (nSPS) is 29.0. The number of carbonyl (C=O) groups is 1. The molecule has 0 aliphatic heterocycles. The van der Waals surface area contributed by atoms with Crippen LogP contribution in [-0.2, 0) is 10.4 Å². The molecule has 0 spiro atoms. The second kappa shape index (κ2) is 8.52. The molecule has 0 heterocycles. The highest BCUT2D eigenvalue weighted by atomic mass is 16.5. The van der Waals surface area contributed by atoms with Gasteiger partial charge in [-0.1, -0.05) is 48.9 Å². The Labute approximate surface area is 179 Å². The number of nitrogens with zero attached hydrogens (tertiary/aromatic N) is 1. The smallest absolute Gasteiger partial charge is 0.318 e. The van der Waals surface area contributed by atoms with Crippen molar-refractivity contribution in [3.8, 4) is 5.75 Å². The van der Waals surface area contributed by atoms with Crippen molar-refractivity contribution in [3.05, 3.63) is 65.7 Å². The summed E-state index contributed by atoms with van der Waals surface area (Å²) in [7, 11) is 4.15. The fraction of sp³-hybridized carbons (Fsp3) is 0.500. The van der Waals surface area contributed by atoms with Crippen molar-refractivity contribution in [2.75, 3.05) is 20.6 Å². The Kier molecular flexibility index (Phi) is 5.99. The SMILES string of the molecule is CC(C(=O)Oc1cccc([C@@]2(O)C[C@@H]3CC[C@@H](C3)[C@@H]2CN(C)C)c1)c1ccccc1.